The van der Waals surface area contributed by atoms with Crippen LogP contribution in [0.25, 0.3) is 0 Å². The van der Waals surface area contributed by atoms with Gasteiger partial charge in [0.15, 0.2) is 0 Å². The minimum Gasteiger partial charge on any atom is -0.477 e. The van der Waals surface area contributed by atoms with Gasteiger partial charge in [-0.05, 0) is 53.1 Å². The molecule has 3 nitrogen and oxygen atoms in total. The second-order valence-electron chi connectivity index (χ2n) is 4.22. The molecule has 0 saturated heterocycles. The second-order valence-corrected chi connectivity index (χ2v) is 5.46. The van der Waals surface area contributed by atoms with E-state index in [0.29, 0.717) is 12.2 Å². The molecule has 4 heteroatoms. The maximum Gasteiger partial charge on any atom is 0.352 e. The molecule has 0 spiro atoms. The number of aromatic carboxylic acids is 1. The molecule has 1 aromatic heterocycles. The van der Waals surface area contributed by atoms with Crippen LogP contribution in [0.3, 0.4) is 0 Å². The van der Waals surface area contributed by atoms with Gasteiger partial charge in [0.05, 0.1) is 0 Å². The first kappa shape index (κ1) is 13.1. The van der Waals surface area contributed by atoms with Crippen molar-refractivity contribution in [3.05, 3.63) is 56.9 Å². The van der Waals surface area contributed by atoms with Crippen molar-refractivity contribution in [3.8, 4) is 0 Å². The lowest BCUT2D eigenvalue weighted by molar-refractivity contribution is 0.0685. The summed E-state index contributed by atoms with van der Waals surface area (Å²) in [6, 6.07) is 9.89. The van der Waals surface area contributed by atoms with Gasteiger partial charge in [-0.3, -0.25) is 0 Å². The second kappa shape index (κ2) is 5.56. The number of aryl methyl sites for hydroxylation is 3. The molecule has 0 fully saturated rings. The molecular formula is C14H14INO2. The van der Waals surface area contributed by atoms with E-state index in [2.05, 4.69) is 41.6 Å². The van der Waals surface area contributed by atoms with E-state index in [1.165, 1.54) is 11.1 Å². The van der Waals surface area contributed by atoms with E-state index in [4.69, 9.17) is 5.11 Å². The van der Waals surface area contributed by atoms with Crippen LogP contribution in [0.1, 0.15) is 21.6 Å². The molecule has 1 aromatic carbocycles. The maximum atomic E-state index is 11.1. The van der Waals surface area contributed by atoms with Gasteiger partial charge >= 0.3 is 5.97 Å². The van der Waals surface area contributed by atoms with E-state index in [1.54, 1.807) is 10.6 Å². The van der Waals surface area contributed by atoms with Crippen molar-refractivity contribution in [2.45, 2.75) is 19.9 Å². The highest BCUT2D eigenvalue weighted by Crippen LogP contribution is 2.14. The smallest absolute Gasteiger partial charge is 0.352 e. The van der Waals surface area contributed by atoms with E-state index in [9.17, 15) is 4.79 Å². The van der Waals surface area contributed by atoms with Crippen LogP contribution in [0.4, 0.5) is 0 Å². The van der Waals surface area contributed by atoms with Crippen molar-refractivity contribution in [1.29, 1.82) is 0 Å². The number of hydrogen-bond acceptors (Lipinski definition) is 1. The lowest BCUT2D eigenvalue weighted by Crippen LogP contribution is -2.09. The lowest BCUT2D eigenvalue weighted by atomic mass is 10.1. The highest BCUT2D eigenvalue weighted by molar-refractivity contribution is 14.1. The fourth-order valence-corrected chi connectivity index (χ4v) is 2.60. The number of carboxylic acids is 1. The summed E-state index contributed by atoms with van der Waals surface area (Å²) in [5.41, 5.74) is 2.86. The number of nitrogens with zero attached hydrogens (tertiary/aromatic N) is 1. The Morgan fingerprint density at radius 2 is 2.11 bits per heavy atom. The highest BCUT2D eigenvalue weighted by atomic mass is 127. The first-order valence-corrected chi connectivity index (χ1v) is 6.79. The third kappa shape index (κ3) is 2.93. The first-order chi connectivity index (χ1) is 8.58. The Labute approximate surface area is 120 Å². The van der Waals surface area contributed by atoms with Crippen LogP contribution in [0.2, 0.25) is 0 Å². The van der Waals surface area contributed by atoms with Crippen LogP contribution in [0.5, 0.6) is 0 Å². The average molecular weight is 355 g/mol. The average Bonchev–Trinajstić information content (AvgIpc) is 2.70. The maximum absolute atomic E-state index is 11.1. The summed E-state index contributed by atoms with van der Waals surface area (Å²) < 4.78 is 2.76. The SMILES string of the molecule is Cc1ccccc1CCn1cc(I)cc1C(=O)O. The minimum atomic E-state index is -0.873. The van der Waals surface area contributed by atoms with Gasteiger partial charge in [0.25, 0.3) is 0 Å². The van der Waals surface area contributed by atoms with Crippen molar-refractivity contribution < 1.29 is 9.90 Å². The molecule has 2 rings (SSSR count). The first-order valence-electron chi connectivity index (χ1n) is 5.71. The summed E-state index contributed by atoms with van der Waals surface area (Å²) in [6.45, 7) is 2.77. The molecule has 0 radical (unpaired) electrons. The fourth-order valence-electron chi connectivity index (χ4n) is 1.97. The number of hydrogen-bond donors (Lipinski definition) is 1. The summed E-state index contributed by atoms with van der Waals surface area (Å²) >= 11 is 2.14. The molecule has 2 aromatic rings. The standard InChI is InChI=1S/C14H14INO2/c1-10-4-2-3-5-11(10)6-7-16-9-12(15)8-13(16)14(17)18/h2-5,8-9H,6-7H2,1H3,(H,17,18). The van der Waals surface area contributed by atoms with Gasteiger partial charge < -0.3 is 9.67 Å². The van der Waals surface area contributed by atoms with Gasteiger partial charge in [0, 0.05) is 16.3 Å². The largest absolute Gasteiger partial charge is 0.477 e. The minimum absolute atomic E-state index is 0.355. The lowest BCUT2D eigenvalue weighted by Gasteiger charge is -2.08. The van der Waals surface area contributed by atoms with Crippen molar-refractivity contribution in [2.75, 3.05) is 0 Å². The molecule has 0 bridgehead atoms. The van der Waals surface area contributed by atoms with Crippen LogP contribution in [-0.2, 0) is 13.0 Å². The summed E-state index contributed by atoms with van der Waals surface area (Å²) in [5, 5.41) is 9.11. The van der Waals surface area contributed by atoms with E-state index in [0.717, 1.165) is 9.99 Å². The van der Waals surface area contributed by atoms with E-state index in [-0.39, 0.29) is 0 Å². The molecule has 18 heavy (non-hydrogen) atoms. The van der Waals surface area contributed by atoms with E-state index >= 15 is 0 Å². The molecule has 1 heterocycles. The molecule has 0 saturated carbocycles. The van der Waals surface area contributed by atoms with Crippen LogP contribution < -0.4 is 0 Å². The molecule has 1 N–H and O–H groups in total. The molecule has 0 aliphatic rings. The van der Waals surface area contributed by atoms with Crippen LogP contribution >= 0.6 is 22.6 Å². The number of rotatable bonds is 4. The number of benzene rings is 1. The third-order valence-corrected chi connectivity index (χ3v) is 3.56. The fraction of sp³-hybridized carbons (Fsp3) is 0.214. The topological polar surface area (TPSA) is 42.2 Å². The molecule has 0 amide bonds. The van der Waals surface area contributed by atoms with Gasteiger partial charge in [0.1, 0.15) is 5.69 Å². The van der Waals surface area contributed by atoms with Crippen molar-refractivity contribution in [1.82, 2.24) is 4.57 Å². The van der Waals surface area contributed by atoms with Crippen LogP contribution in [0.15, 0.2) is 36.5 Å². The number of carboxylic acid groups (broad SMARTS) is 1. The monoisotopic (exact) mass is 355 g/mol. The molecule has 0 unspecified atom stereocenters. The Morgan fingerprint density at radius 3 is 2.78 bits per heavy atom. The predicted molar refractivity (Wildman–Crippen MR) is 79.0 cm³/mol. The van der Waals surface area contributed by atoms with Gasteiger partial charge in [-0.2, -0.15) is 0 Å². The predicted octanol–water partition coefficient (Wildman–Crippen LogP) is 3.34. The van der Waals surface area contributed by atoms with E-state index in [1.807, 2.05) is 18.3 Å². The van der Waals surface area contributed by atoms with Gasteiger partial charge in [-0.25, -0.2) is 4.79 Å². The Bertz CT molecular complexity index is 575. The number of aromatic nitrogens is 1. The number of halogens is 1. The highest BCUT2D eigenvalue weighted by Gasteiger charge is 2.11. The normalized spacial score (nSPS) is 10.6. The zero-order valence-corrected chi connectivity index (χ0v) is 12.2. The zero-order valence-electron chi connectivity index (χ0n) is 10.1. The van der Waals surface area contributed by atoms with Crippen LogP contribution in [0, 0.1) is 10.5 Å². The Balaban J connectivity index is 2.16. The Morgan fingerprint density at radius 1 is 1.39 bits per heavy atom. The summed E-state index contributed by atoms with van der Waals surface area (Å²) in [5.74, 6) is -0.873. The molecule has 0 aliphatic heterocycles. The Hall–Kier alpha value is -1.30. The molecular weight excluding hydrogens is 341 g/mol. The van der Waals surface area contributed by atoms with Crippen molar-refractivity contribution in [3.63, 3.8) is 0 Å². The van der Waals surface area contributed by atoms with Crippen LogP contribution in [-0.4, -0.2) is 15.6 Å². The van der Waals surface area contributed by atoms with Gasteiger partial charge in [-0.1, -0.05) is 24.3 Å². The summed E-state index contributed by atoms with van der Waals surface area (Å²) in [7, 11) is 0. The molecule has 94 valence electrons. The van der Waals surface area contributed by atoms with Crippen molar-refractivity contribution in [2.24, 2.45) is 0 Å². The van der Waals surface area contributed by atoms with E-state index < -0.39 is 5.97 Å². The molecule has 0 atom stereocenters. The quantitative estimate of drug-likeness (QED) is 0.855. The van der Waals surface area contributed by atoms with Gasteiger partial charge in [0.2, 0.25) is 0 Å². The summed E-state index contributed by atoms with van der Waals surface area (Å²) in [4.78, 5) is 11.1. The molecule has 0 aliphatic carbocycles. The summed E-state index contributed by atoms with van der Waals surface area (Å²) in [6.07, 6.45) is 2.72. The number of carbonyl (C=O) groups is 1. The van der Waals surface area contributed by atoms with Gasteiger partial charge in [-0.15, -0.1) is 0 Å². The zero-order chi connectivity index (χ0) is 13.1. The third-order valence-electron chi connectivity index (χ3n) is 2.97. The van der Waals surface area contributed by atoms with Crippen molar-refractivity contribution >= 4 is 28.6 Å². The Kier molecular flexibility index (Phi) is 4.06.